The molecule has 1 N–H and O–H groups in total. The van der Waals surface area contributed by atoms with Crippen LogP contribution in [0.3, 0.4) is 0 Å². The van der Waals surface area contributed by atoms with Gasteiger partial charge >= 0.3 is 5.69 Å². The van der Waals surface area contributed by atoms with Crippen LogP contribution in [0.15, 0.2) is 47.8 Å². The molecule has 10 nitrogen and oxygen atoms in total. The van der Waals surface area contributed by atoms with Gasteiger partial charge in [-0.1, -0.05) is 12.6 Å². The number of benzene rings is 1. The van der Waals surface area contributed by atoms with Crippen molar-refractivity contribution in [1.82, 2.24) is 24.4 Å². The van der Waals surface area contributed by atoms with Crippen LogP contribution in [0.5, 0.6) is 5.75 Å². The lowest BCUT2D eigenvalue weighted by atomic mass is 10.1. The second-order valence-corrected chi connectivity index (χ2v) is 15.2. The first-order chi connectivity index (χ1) is 21.3. The number of aryl methyl sites for hydroxylation is 1. The molecule has 1 aliphatic heterocycles. The minimum absolute atomic E-state index is 0.00317. The summed E-state index contributed by atoms with van der Waals surface area (Å²) in [5.74, 6) is -2.36. The molecule has 1 atom stereocenters. The Bertz CT molecular complexity index is 1980. The van der Waals surface area contributed by atoms with Crippen LogP contribution in [-0.2, 0) is 9.36 Å². The molecular weight excluding hydrogens is 601 g/mol. The van der Waals surface area contributed by atoms with Crippen molar-refractivity contribution in [3.05, 3.63) is 76.4 Å². The van der Waals surface area contributed by atoms with E-state index < -0.39 is 41.5 Å². The number of hydrogen-bond acceptors (Lipinski definition) is 8. The van der Waals surface area contributed by atoms with Gasteiger partial charge in [-0.15, -0.1) is 0 Å². The lowest BCUT2D eigenvalue weighted by molar-refractivity contribution is -0.126. The van der Waals surface area contributed by atoms with E-state index in [9.17, 15) is 19.3 Å². The van der Waals surface area contributed by atoms with Gasteiger partial charge in [-0.3, -0.25) is 4.79 Å². The smallest absolute Gasteiger partial charge is 0.355 e. The Kier molecular flexibility index (Phi) is 7.59. The zero-order valence-electron chi connectivity index (χ0n) is 25.4. The fourth-order valence-electron chi connectivity index (χ4n) is 5.93. The molecule has 1 aliphatic carbocycles. The molecule has 0 bridgehead atoms. The monoisotopic (exact) mass is 634 g/mol. The molecular formula is C32H33F2N6O4P. The Morgan fingerprint density at radius 2 is 1.84 bits per heavy atom. The van der Waals surface area contributed by atoms with E-state index in [1.54, 1.807) is 31.2 Å². The summed E-state index contributed by atoms with van der Waals surface area (Å²) in [5, 5.41) is 10.7. The average Bonchev–Trinajstić information content (AvgIpc) is 3.82. The maximum absolute atomic E-state index is 16.0. The topological polar surface area (TPSA) is 122 Å². The summed E-state index contributed by atoms with van der Waals surface area (Å²) >= 11 is 0. The fraction of sp³-hybridized carbons (Fsp3) is 0.344. The molecule has 0 radical (unpaired) electrons. The van der Waals surface area contributed by atoms with Crippen molar-refractivity contribution < 1.29 is 23.2 Å². The van der Waals surface area contributed by atoms with Gasteiger partial charge in [0.15, 0.2) is 11.5 Å². The zero-order valence-corrected chi connectivity index (χ0v) is 26.3. The third-order valence-electron chi connectivity index (χ3n) is 8.35. The van der Waals surface area contributed by atoms with E-state index in [4.69, 9.17) is 4.98 Å². The average molecular weight is 635 g/mol. The van der Waals surface area contributed by atoms with Gasteiger partial charge in [-0.25, -0.2) is 28.1 Å². The van der Waals surface area contributed by atoms with Gasteiger partial charge in [-0.2, -0.15) is 4.98 Å². The molecule has 4 aromatic rings. The van der Waals surface area contributed by atoms with E-state index >= 15 is 8.78 Å². The summed E-state index contributed by atoms with van der Waals surface area (Å²) in [4.78, 5) is 43.6. The lowest BCUT2D eigenvalue weighted by Gasteiger charge is -2.40. The minimum Gasteiger partial charge on any atom is -0.507 e. The summed E-state index contributed by atoms with van der Waals surface area (Å²) in [6.45, 7) is 11.4. The number of anilines is 1. The number of piperazine rings is 1. The Labute approximate surface area is 258 Å². The Hall–Kier alpha value is -4.44. The lowest BCUT2D eigenvalue weighted by Crippen LogP contribution is -2.54. The largest absolute Gasteiger partial charge is 0.507 e. The van der Waals surface area contributed by atoms with E-state index in [2.05, 4.69) is 16.5 Å². The number of carbonyl (C=O) groups is 1. The van der Waals surface area contributed by atoms with Crippen LogP contribution in [0.4, 0.5) is 14.6 Å². The molecule has 6 rings (SSSR count). The SMILES string of the molecule is C=CC(=O)N1CCN(c2nc(=O)n(-c3c(C)cc(P(C)(C)=O)nc3C3CC3)c3nc(-c4c(O)cccc4F)c(F)cc23)[C@@H](C)C1. The number of phenols is 1. The number of aromatic hydroxyl groups is 1. The summed E-state index contributed by atoms with van der Waals surface area (Å²) in [6, 6.07) is 6.13. The van der Waals surface area contributed by atoms with Crippen molar-refractivity contribution in [2.45, 2.75) is 38.6 Å². The van der Waals surface area contributed by atoms with Crippen molar-refractivity contribution in [3.63, 3.8) is 0 Å². The van der Waals surface area contributed by atoms with Crippen LogP contribution in [0.1, 0.15) is 36.9 Å². The van der Waals surface area contributed by atoms with Crippen LogP contribution >= 0.6 is 7.14 Å². The van der Waals surface area contributed by atoms with Crippen molar-refractivity contribution in [3.8, 4) is 22.7 Å². The molecule has 3 aromatic heterocycles. The fourth-order valence-corrected chi connectivity index (χ4v) is 6.78. The van der Waals surface area contributed by atoms with Gasteiger partial charge in [0.05, 0.1) is 22.3 Å². The van der Waals surface area contributed by atoms with Gasteiger partial charge in [-0.05, 0) is 75.9 Å². The molecule has 1 saturated carbocycles. The second-order valence-electron chi connectivity index (χ2n) is 12.1. The first-order valence-electron chi connectivity index (χ1n) is 14.7. The molecule has 0 spiro atoms. The van der Waals surface area contributed by atoms with Crippen molar-refractivity contribution >= 4 is 35.3 Å². The third kappa shape index (κ3) is 5.41. The van der Waals surface area contributed by atoms with Crippen LogP contribution in [0, 0.1) is 18.6 Å². The molecule has 234 valence electrons. The van der Waals surface area contributed by atoms with Gasteiger partial charge in [0.1, 0.15) is 35.7 Å². The number of carbonyl (C=O) groups excluding carboxylic acids is 1. The van der Waals surface area contributed by atoms with Gasteiger partial charge < -0.3 is 19.5 Å². The van der Waals surface area contributed by atoms with Crippen LogP contribution in [0.25, 0.3) is 28.0 Å². The summed E-state index contributed by atoms with van der Waals surface area (Å²) < 4.78 is 45.3. The molecule has 2 fully saturated rings. The maximum Gasteiger partial charge on any atom is 0.355 e. The first kappa shape index (κ1) is 30.6. The van der Waals surface area contributed by atoms with Crippen LogP contribution in [-0.4, -0.2) is 74.4 Å². The summed E-state index contributed by atoms with van der Waals surface area (Å²) in [7, 11) is -2.76. The number of amides is 1. The highest BCUT2D eigenvalue weighted by atomic mass is 31.2. The molecule has 45 heavy (non-hydrogen) atoms. The highest BCUT2D eigenvalue weighted by Gasteiger charge is 2.34. The molecule has 1 saturated heterocycles. The van der Waals surface area contributed by atoms with Crippen molar-refractivity contribution in [2.75, 3.05) is 37.9 Å². The zero-order chi connectivity index (χ0) is 32.4. The number of hydrogen-bond donors (Lipinski definition) is 1. The number of fused-ring (bicyclic) bond motifs is 1. The van der Waals surface area contributed by atoms with E-state index in [0.29, 0.717) is 42.0 Å². The Morgan fingerprint density at radius 1 is 1.11 bits per heavy atom. The number of phenolic OH excluding ortho intramolecular Hbond substituents is 1. The van der Waals surface area contributed by atoms with E-state index in [-0.39, 0.29) is 34.7 Å². The minimum atomic E-state index is -2.76. The number of nitrogens with zero attached hydrogens (tertiary/aromatic N) is 6. The number of halogens is 2. The van der Waals surface area contributed by atoms with Crippen molar-refractivity contribution in [2.24, 2.45) is 0 Å². The van der Waals surface area contributed by atoms with Gasteiger partial charge in [0, 0.05) is 31.6 Å². The second kappa shape index (κ2) is 11.2. The van der Waals surface area contributed by atoms with Crippen LogP contribution in [0.2, 0.25) is 0 Å². The number of rotatable bonds is 6. The van der Waals surface area contributed by atoms with E-state index in [0.717, 1.165) is 25.0 Å². The molecule has 1 amide bonds. The number of aromatic nitrogens is 4. The first-order valence-corrected chi connectivity index (χ1v) is 17.3. The molecule has 13 heteroatoms. The van der Waals surface area contributed by atoms with Gasteiger partial charge in [0.2, 0.25) is 5.91 Å². The summed E-state index contributed by atoms with van der Waals surface area (Å²) in [6.07, 6.45) is 2.88. The number of pyridine rings is 2. The highest BCUT2D eigenvalue weighted by Crippen LogP contribution is 2.45. The Balaban J connectivity index is 1.66. The molecule has 0 unspecified atom stereocenters. The predicted octanol–water partition coefficient (Wildman–Crippen LogP) is 4.48. The quantitative estimate of drug-likeness (QED) is 0.244. The molecule has 2 aliphatic rings. The standard InChI is InChI=1S/C32H33F2N6O4P/c1-6-25(42)38-12-13-39(18(3)16-38)30-20-15-22(34)28(26-21(33)8-7-9-23(26)41)36-31(20)40(32(43)37-30)29-17(2)14-24(45(4,5)44)35-27(29)19-10-11-19/h6-9,14-15,18-19,41H,1,10-13,16H2,2-5H3/t18-/m0/s1. The molecule has 4 heterocycles. The summed E-state index contributed by atoms with van der Waals surface area (Å²) in [5.41, 5.74) is 0.382. The van der Waals surface area contributed by atoms with E-state index in [1.807, 2.05) is 11.8 Å². The van der Waals surface area contributed by atoms with Crippen molar-refractivity contribution in [1.29, 1.82) is 0 Å². The maximum atomic E-state index is 16.0. The van der Waals surface area contributed by atoms with E-state index in [1.165, 1.54) is 22.8 Å². The van der Waals surface area contributed by atoms with Crippen LogP contribution < -0.4 is 16.0 Å². The predicted molar refractivity (Wildman–Crippen MR) is 169 cm³/mol. The van der Waals surface area contributed by atoms with Gasteiger partial charge in [0.25, 0.3) is 0 Å². The normalized spacial score (nSPS) is 17.2. The molecule has 1 aromatic carbocycles. The highest BCUT2D eigenvalue weighted by molar-refractivity contribution is 7.69. The third-order valence-corrected chi connectivity index (χ3v) is 9.68. The Morgan fingerprint density at radius 3 is 2.47 bits per heavy atom.